The number of hydroxylamine groups is 1. The van der Waals surface area contributed by atoms with Crippen LogP contribution in [0.4, 0.5) is 5.69 Å². The Labute approximate surface area is 289 Å². The number of methoxy groups -OCH3 is 6. The molecule has 0 aromatic heterocycles. The van der Waals surface area contributed by atoms with Gasteiger partial charge >= 0.3 is 0 Å². The fourth-order valence-corrected chi connectivity index (χ4v) is 5.71. The highest BCUT2D eigenvalue weighted by Crippen LogP contribution is 2.42. The highest BCUT2D eigenvalue weighted by Gasteiger charge is 2.27. The smallest absolute Gasteiger partial charge is 0.255 e. The lowest BCUT2D eigenvalue weighted by Gasteiger charge is -2.28. The Kier molecular flexibility index (Phi) is 10.2. The SMILES string of the molecule is COc1ccc2c(c1)C(=O)NC(c1ccc(OCCOc3cc(C4=CC(c5cc(OC)c(OC)c(OC)c5)ON4)ccc3OC)c(OC)c1)N2. The predicted octanol–water partition coefficient (Wildman–Crippen LogP) is 5.67. The van der Waals surface area contributed by atoms with Crippen LogP contribution in [0.5, 0.6) is 46.0 Å². The van der Waals surface area contributed by atoms with Crippen LogP contribution in [0.25, 0.3) is 5.70 Å². The van der Waals surface area contributed by atoms with Gasteiger partial charge < -0.3 is 48.5 Å². The molecule has 262 valence electrons. The van der Waals surface area contributed by atoms with Crippen molar-refractivity contribution in [1.29, 1.82) is 0 Å². The minimum atomic E-state index is -0.457. The van der Waals surface area contributed by atoms with Crippen LogP contribution in [-0.2, 0) is 4.84 Å². The average Bonchev–Trinajstić information content (AvgIpc) is 3.66. The van der Waals surface area contributed by atoms with Crippen molar-refractivity contribution in [2.75, 3.05) is 61.2 Å². The number of hydrogen-bond acceptors (Lipinski definition) is 12. The molecule has 13 nitrogen and oxygen atoms in total. The van der Waals surface area contributed by atoms with Gasteiger partial charge in [-0.15, -0.1) is 0 Å². The van der Waals surface area contributed by atoms with Gasteiger partial charge in [-0.05, 0) is 77.9 Å². The topological polar surface area (TPSA) is 136 Å². The first kappa shape index (κ1) is 33.9. The van der Waals surface area contributed by atoms with Gasteiger partial charge in [0.15, 0.2) is 34.5 Å². The fraction of sp³-hybridized carbons (Fsp3) is 0.270. The first-order valence-corrected chi connectivity index (χ1v) is 15.7. The third kappa shape index (κ3) is 6.94. The molecule has 2 atom stereocenters. The summed E-state index contributed by atoms with van der Waals surface area (Å²) in [4.78, 5) is 18.7. The summed E-state index contributed by atoms with van der Waals surface area (Å²) in [6.45, 7) is 0.451. The standard InChI is InChI=1S/C37H39N3O10/c1-42-24-9-10-26-25(19-24)37(41)39-36(38-26)22-8-12-29(31(16-22)44-3)48-13-14-49-32-15-21(7-11-28(32)43-2)27-20-30(50-40-27)23-17-33(45-4)35(47-6)34(18-23)46-5/h7-12,15-20,30,36,38,40H,13-14H2,1-6H3,(H,39,41). The van der Waals surface area contributed by atoms with Gasteiger partial charge in [0.1, 0.15) is 31.2 Å². The number of rotatable bonds is 14. The van der Waals surface area contributed by atoms with Gasteiger partial charge in [-0.2, -0.15) is 0 Å². The van der Waals surface area contributed by atoms with E-state index in [1.165, 1.54) is 0 Å². The van der Waals surface area contributed by atoms with Crippen LogP contribution in [0, 0.1) is 0 Å². The van der Waals surface area contributed by atoms with Crippen LogP contribution in [0.1, 0.15) is 39.3 Å². The Balaban J connectivity index is 1.10. The van der Waals surface area contributed by atoms with E-state index in [9.17, 15) is 4.79 Å². The van der Waals surface area contributed by atoms with Crippen molar-refractivity contribution in [3.8, 4) is 46.0 Å². The van der Waals surface area contributed by atoms with Crippen molar-refractivity contribution in [3.05, 3.63) is 95.1 Å². The maximum atomic E-state index is 12.8. The zero-order chi connectivity index (χ0) is 35.2. The van der Waals surface area contributed by atoms with E-state index in [1.807, 2.05) is 54.6 Å². The molecule has 0 saturated heterocycles. The molecule has 0 radical (unpaired) electrons. The molecular formula is C37H39N3O10. The van der Waals surface area contributed by atoms with Crippen molar-refractivity contribution >= 4 is 17.3 Å². The van der Waals surface area contributed by atoms with Crippen molar-refractivity contribution in [1.82, 2.24) is 10.8 Å². The fourth-order valence-electron chi connectivity index (χ4n) is 5.71. The Morgan fingerprint density at radius 3 is 1.98 bits per heavy atom. The Morgan fingerprint density at radius 2 is 1.30 bits per heavy atom. The van der Waals surface area contributed by atoms with E-state index in [-0.39, 0.29) is 19.1 Å². The summed E-state index contributed by atoms with van der Waals surface area (Å²) in [5, 5.41) is 6.33. The van der Waals surface area contributed by atoms with E-state index in [0.717, 1.165) is 22.4 Å². The van der Waals surface area contributed by atoms with Gasteiger partial charge in [-0.3, -0.25) is 15.1 Å². The number of carbonyl (C=O) groups excluding carboxylic acids is 1. The molecule has 13 heteroatoms. The van der Waals surface area contributed by atoms with E-state index in [0.29, 0.717) is 57.2 Å². The zero-order valence-corrected chi connectivity index (χ0v) is 28.6. The van der Waals surface area contributed by atoms with Crippen LogP contribution >= 0.6 is 0 Å². The van der Waals surface area contributed by atoms with Crippen molar-refractivity contribution in [3.63, 3.8) is 0 Å². The molecular weight excluding hydrogens is 646 g/mol. The number of ether oxygens (including phenoxy) is 8. The van der Waals surface area contributed by atoms with Gasteiger partial charge in [0.25, 0.3) is 5.91 Å². The second-order valence-electron chi connectivity index (χ2n) is 11.1. The van der Waals surface area contributed by atoms with E-state index >= 15 is 0 Å². The van der Waals surface area contributed by atoms with Crippen LogP contribution < -0.4 is 54.0 Å². The molecule has 2 aliphatic rings. The monoisotopic (exact) mass is 685 g/mol. The molecule has 4 aromatic carbocycles. The summed E-state index contributed by atoms with van der Waals surface area (Å²) in [5.41, 5.74) is 7.44. The molecule has 1 amide bonds. The number of amides is 1. The summed E-state index contributed by atoms with van der Waals surface area (Å²) in [6, 6.07) is 20.1. The number of carbonyl (C=O) groups is 1. The number of anilines is 1. The molecule has 0 bridgehead atoms. The molecule has 2 heterocycles. The lowest BCUT2D eigenvalue weighted by molar-refractivity contribution is 0.0508. The Hall–Kier alpha value is -5.95. The number of nitrogens with one attached hydrogen (secondary N) is 3. The summed E-state index contributed by atoms with van der Waals surface area (Å²) in [5.74, 6) is 4.12. The van der Waals surface area contributed by atoms with Gasteiger partial charge in [0.2, 0.25) is 5.75 Å². The normalized spacial score (nSPS) is 16.1. The van der Waals surface area contributed by atoms with Crippen LogP contribution in [0.15, 0.2) is 72.8 Å². The molecule has 6 rings (SSSR count). The second kappa shape index (κ2) is 15.1. The number of hydrogen-bond donors (Lipinski definition) is 3. The molecule has 4 aromatic rings. The largest absolute Gasteiger partial charge is 0.497 e. The summed E-state index contributed by atoms with van der Waals surface area (Å²) < 4.78 is 45.0. The molecule has 0 aliphatic carbocycles. The van der Waals surface area contributed by atoms with Crippen LogP contribution in [0.3, 0.4) is 0 Å². The first-order chi connectivity index (χ1) is 24.4. The van der Waals surface area contributed by atoms with Crippen LogP contribution in [-0.4, -0.2) is 61.8 Å². The van der Waals surface area contributed by atoms with E-state index < -0.39 is 12.3 Å². The minimum Gasteiger partial charge on any atom is -0.497 e. The number of benzene rings is 4. The van der Waals surface area contributed by atoms with Crippen molar-refractivity contribution in [2.24, 2.45) is 0 Å². The van der Waals surface area contributed by atoms with Gasteiger partial charge in [-0.25, -0.2) is 0 Å². The molecule has 50 heavy (non-hydrogen) atoms. The quantitative estimate of drug-likeness (QED) is 0.141. The average molecular weight is 686 g/mol. The van der Waals surface area contributed by atoms with Gasteiger partial charge in [0, 0.05) is 11.3 Å². The Bertz CT molecular complexity index is 1870. The zero-order valence-electron chi connectivity index (χ0n) is 28.6. The molecule has 2 unspecified atom stereocenters. The number of fused-ring (bicyclic) bond motifs is 1. The lowest BCUT2D eigenvalue weighted by Crippen LogP contribution is -2.38. The maximum Gasteiger partial charge on any atom is 0.255 e. The van der Waals surface area contributed by atoms with E-state index in [2.05, 4.69) is 16.1 Å². The van der Waals surface area contributed by atoms with Crippen molar-refractivity contribution < 1.29 is 47.5 Å². The van der Waals surface area contributed by atoms with Gasteiger partial charge in [0.05, 0.1) is 53.9 Å². The molecule has 2 aliphatic heterocycles. The van der Waals surface area contributed by atoms with Crippen LogP contribution in [0.2, 0.25) is 0 Å². The van der Waals surface area contributed by atoms with E-state index in [4.69, 9.17) is 42.7 Å². The van der Waals surface area contributed by atoms with Crippen molar-refractivity contribution in [2.45, 2.75) is 12.3 Å². The second-order valence-corrected chi connectivity index (χ2v) is 11.1. The van der Waals surface area contributed by atoms with Gasteiger partial charge in [-0.1, -0.05) is 6.07 Å². The lowest BCUT2D eigenvalue weighted by atomic mass is 10.0. The summed E-state index contributed by atoms with van der Waals surface area (Å²) in [6.07, 6.45) is 1.08. The summed E-state index contributed by atoms with van der Waals surface area (Å²) in [7, 11) is 9.41. The highest BCUT2D eigenvalue weighted by atomic mass is 16.7. The molecule has 0 saturated carbocycles. The molecule has 0 fully saturated rings. The molecule has 3 N–H and O–H groups in total. The predicted molar refractivity (Wildman–Crippen MR) is 185 cm³/mol. The Morgan fingerprint density at radius 1 is 0.620 bits per heavy atom. The van der Waals surface area contributed by atoms with E-state index in [1.54, 1.807) is 60.9 Å². The maximum absolute atomic E-state index is 12.8. The highest BCUT2D eigenvalue weighted by molar-refractivity contribution is 6.02. The first-order valence-electron chi connectivity index (χ1n) is 15.7. The third-order valence-electron chi connectivity index (χ3n) is 8.27. The summed E-state index contributed by atoms with van der Waals surface area (Å²) >= 11 is 0. The third-order valence-corrected chi connectivity index (χ3v) is 8.27. The minimum absolute atomic E-state index is 0.204. The molecule has 0 spiro atoms.